The summed E-state index contributed by atoms with van der Waals surface area (Å²) in [6.45, 7) is 3.92. The van der Waals surface area contributed by atoms with Crippen LogP contribution in [0.5, 0.6) is 11.5 Å². The van der Waals surface area contributed by atoms with Crippen molar-refractivity contribution >= 4 is 34.4 Å². The third-order valence-electron chi connectivity index (χ3n) is 6.58. The van der Waals surface area contributed by atoms with Gasteiger partial charge in [-0.05, 0) is 73.0 Å². The highest BCUT2D eigenvalue weighted by Gasteiger charge is 2.48. The Balaban J connectivity index is 1.77. The number of aliphatic hydroxyl groups excluding tert-OH is 1. The number of imidazole rings is 1. The molecule has 1 atom stereocenters. The molecule has 1 fully saturated rings. The number of nitrogens with one attached hydrogen (secondary N) is 1. The number of H-pyrrole nitrogens is 1. The maximum absolute atomic E-state index is 14.2. The van der Waals surface area contributed by atoms with E-state index in [4.69, 9.17) is 9.47 Å². The van der Waals surface area contributed by atoms with Gasteiger partial charge in [-0.15, -0.1) is 0 Å². The van der Waals surface area contributed by atoms with Gasteiger partial charge in [-0.25, -0.2) is 9.37 Å². The number of fused-ring (bicyclic) bond motifs is 1. The van der Waals surface area contributed by atoms with Crippen molar-refractivity contribution in [1.29, 1.82) is 0 Å². The van der Waals surface area contributed by atoms with E-state index in [1.807, 2.05) is 26.0 Å². The molecule has 2 heterocycles. The van der Waals surface area contributed by atoms with Gasteiger partial charge in [0, 0.05) is 0 Å². The van der Waals surface area contributed by atoms with Crippen molar-refractivity contribution in [2.75, 3.05) is 19.1 Å². The number of anilines is 1. The lowest BCUT2D eigenvalue weighted by Crippen LogP contribution is -2.30. The molecule has 0 saturated carbocycles. The zero-order chi connectivity index (χ0) is 26.4. The average Bonchev–Trinajstić information content (AvgIpc) is 3.41. The van der Waals surface area contributed by atoms with Crippen molar-refractivity contribution in [1.82, 2.24) is 9.97 Å². The summed E-state index contributed by atoms with van der Waals surface area (Å²) in [4.78, 5) is 35.8. The lowest BCUT2D eigenvalue weighted by atomic mass is 9.95. The van der Waals surface area contributed by atoms with E-state index in [1.54, 1.807) is 24.3 Å². The summed E-state index contributed by atoms with van der Waals surface area (Å²) >= 11 is 0. The molecule has 1 aliphatic heterocycles. The minimum atomic E-state index is -1.08. The predicted octanol–water partition coefficient (Wildman–Crippen LogP) is 4.96. The number of aryl methyl sites for hydroxylation is 2. The summed E-state index contributed by atoms with van der Waals surface area (Å²) in [5, 5.41) is 11.4. The van der Waals surface area contributed by atoms with Gasteiger partial charge >= 0.3 is 5.91 Å². The number of nitrogens with zero attached hydrogens (tertiary/aromatic N) is 2. The highest BCUT2D eigenvalue weighted by atomic mass is 19.1. The molecule has 0 bridgehead atoms. The monoisotopic (exact) mass is 501 g/mol. The molecule has 188 valence electrons. The smallest absolute Gasteiger partial charge is 0.302 e. The summed E-state index contributed by atoms with van der Waals surface area (Å²) in [5.41, 5.74) is 3.58. The molecular formula is C28H24FN3O5. The van der Waals surface area contributed by atoms with Crippen molar-refractivity contribution in [3.8, 4) is 11.5 Å². The summed E-state index contributed by atoms with van der Waals surface area (Å²) in [6, 6.07) is 13.1. The van der Waals surface area contributed by atoms with Crippen LogP contribution in [-0.4, -0.2) is 41.0 Å². The minimum Gasteiger partial charge on any atom is -0.507 e. The number of amides is 1. The lowest BCUT2D eigenvalue weighted by Gasteiger charge is -2.23. The molecule has 1 aromatic heterocycles. The molecule has 0 spiro atoms. The maximum atomic E-state index is 14.2. The van der Waals surface area contributed by atoms with Gasteiger partial charge in [0.25, 0.3) is 5.78 Å². The molecule has 1 aliphatic rings. The molecule has 4 aromatic rings. The first-order valence-electron chi connectivity index (χ1n) is 11.5. The Labute approximate surface area is 212 Å². The number of carbonyl (C=O) groups excluding carboxylic acids is 2. The highest BCUT2D eigenvalue weighted by Crippen LogP contribution is 2.43. The number of hydrogen-bond donors (Lipinski definition) is 2. The number of ketones is 1. The first-order valence-corrected chi connectivity index (χ1v) is 11.5. The number of rotatable bonds is 5. The van der Waals surface area contributed by atoms with E-state index in [2.05, 4.69) is 9.97 Å². The Morgan fingerprint density at radius 1 is 1.03 bits per heavy atom. The third kappa shape index (κ3) is 3.98. The predicted molar refractivity (Wildman–Crippen MR) is 136 cm³/mol. The second-order valence-electron chi connectivity index (χ2n) is 8.80. The zero-order valence-corrected chi connectivity index (χ0v) is 20.6. The molecular weight excluding hydrogens is 477 g/mol. The Morgan fingerprint density at radius 2 is 1.78 bits per heavy atom. The van der Waals surface area contributed by atoms with Gasteiger partial charge < -0.3 is 19.6 Å². The van der Waals surface area contributed by atoms with E-state index >= 15 is 0 Å². The fourth-order valence-corrected chi connectivity index (χ4v) is 4.56. The molecule has 2 N–H and O–H groups in total. The molecule has 1 unspecified atom stereocenters. The van der Waals surface area contributed by atoms with Gasteiger partial charge in [-0.2, -0.15) is 0 Å². The second-order valence-corrected chi connectivity index (χ2v) is 8.80. The second kappa shape index (κ2) is 9.09. The Morgan fingerprint density at radius 3 is 2.51 bits per heavy atom. The SMILES string of the molecule is COc1cccc(C2/C(=C(\O)c3cc(F)ccc3OC)C(=O)C(=O)N2c2nc3cc(C)c(C)cc3[nH]2)c1. The van der Waals surface area contributed by atoms with Gasteiger partial charge in [0.1, 0.15) is 23.1 Å². The van der Waals surface area contributed by atoms with E-state index in [-0.39, 0.29) is 22.8 Å². The quantitative estimate of drug-likeness (QED) is 0.228. The van der Waals surface area contributed by atoms with Crippen molar-refractivity contribution in [2.45, 2.75) is 19.9 Å². The van der Waals surface area contributed by atoms with Gasteiger partial charge in [0.2, 0.25) is 5.95 Å². The summed E-state index contributed by atoms with van der Waals surface area (Å²) in [5.74, 6) is -2.27. The van der Waals surface area contributed by atoms with E-state index in [0.717, 1.165) is 17.2 Å². The number of halogens is 1. The number of carbonyl (C=O) groups is 2. The van der Waals surface area contributed by atoms with Crippen LogP contribution in [-0.2, 0) is 9.59 Å². The van der Waals surface area contributed by atoms with Gasteiger partial charge in [-0.1, -0.05) is 12.1 Å². The Bertz CT molecular complexity index is 1570. The number of hydrogen-bond acceptors (Lipinski definition) is 6. The number of methoxy groups -OCH3 is 2. The van der Waals surface area contributed by atoms with Crippen LogP contribution in [0.25, 0.3) is 16.8 Å². The number of ether oxygens (including phenoxy) is 2. The number of aromatic amines is 1. The van der Waals surface area contributed by atoms with Crippen LogP contribution >= 0.6 is 0 Å². The topological polar surface area (TPSA) is 105 Å². The molecule has 3 aromatic carbocycles. The minimum absolute atomic E-state index is 0.0516. The molecule has 8 nitrogen and oxygen atoms in total. The fraction of sp³-hybridized carbons (Fsp3) is 0.179. The summed E-state index contributed by atoms with van der Waals surface area (Å²) < 4.78 is 24.8. The normalized spacial score (nSPS) is 17.0. The lowest BCUT2D eigenvalue weighted by molar-refractivity contribution is -0.132. The zero-order valence-electron chi connectivity index (χ0n) is 20.6. The van der Waals surface area contributed by atoms with Crippen molar-refractivity contribution < 1.29 is 28.6 Å². The Kier molecular flexibility index (Phi) is 5.91. The standard InChI is InChI=1S/C28H24FN3O5/c1-14-10-20-21(11-15(14)2)31-28(30-20)32-24(16-6-5-7-18(12-16)36-3)23(26(34)27(32)35)25(33)19-13-17(29)8-9-22(19)37-4/h5-13,24,33H,1-4H3,(H,30,31)/b25-23+. The maximum Gasteiger partial charge on any atom is 0.302 e. The Hall–Kier alpha value is -4.66. The fourth-order valence-electron chi connectivity index (χ4n) is 4.56. The van der Waals surface area contributed by atoms with Crippen molar-refractivity contribution in [3.63, 3.8) is 0 Å². The van der Waals surface area contributed by atoms with Crippen LogP contribution in [0.3, 0.4) is 0 Å². The molecule has 5 rings (SSSR count). The van der Waals surface area contributed by atoms with Crippen molar-refractivity contribution in [2.24, 2.45) is 0 Å². The number of Topliss-reactive ketones (excluding diaryl/α,β-unsaturated/α-hetero) is 1. The first kappa shape index (κ1) is 24.1. The van der Waals surface area contributed by atoms with Gasteiger partial charge in [0.15, 0.2) is 0 Å². The molecule has 37 heavy (non-hydrogen) atoms. The van der Waals surface area contributed by atoms with Crippen LogP contribution in [0, 0.1) is 19.7 Å². The average molecular weight is 502 g/mol. The van der Waals surface area contributed by atoms with Crippen LogP contribution in [0.2, 0.25) is 0 Å². The van der Waals surface area contributed by atoms with E-state index in [0.29, 0.717) is 22.3 Å². The summed E-state index contributed by atoms with van der Waals surface area (Å²) in [7, 11) is 2.86. The largest absolute Gasteiger partial charge is 0.507 e. The number of benzene rings is 3. The van der Waals surface area contributed by atoms with Gasteiger partial charge in [0.05, 0.1) is 42.4 Å². The summed E-state index contributed by atoms with van der Waals surface area (Å²) in [6.07, 6.45) is 0. The van der Waals surface area contributed by atoms with Crippen LogP contribution < -0.4 is 14.4 Å². The first-order chi connectivity index (χ1) is 17.7. The molecule has 1 amide bonds. The highest BCUT2D eigenvalue weighted by molar-refractivity contribution is 6.51. The van der Waals surface area contributed by atoms with Crippen LogP contribution in [0.15, 0.2) is 60.2 Å². The van der Waals surface area contributed by atoms with Crippen LogP contribution in [0.1, 0.15) is 28.3 Å². The number of aliphatic hydroxyl groups is 1. The molecule has 0 radical (unpaired) electrons. The van der Waals surface area contributed by atoms with E-state index in [9.17, 15) is 19.1 Å². The van der Waals surface area contributed by atoms with Crippen LogP contribution in [0.4, 0.5) is 10.3 Å². The third-order valence-corrected chi connectivity index (χ3v) is 6.58. The van der Waals surface area contributed by atoms with Gasteiger partial charge in [-0.3, -0.25) is 14.5 Å². The molecule has 9 heteroatoms. The number of aromatic nitrogens is 2. The molecule has 1 saturated heterocycles. The van der Waals surface area contributed by atoms with E-state index < -0.39 is 29.3 Å². The van der Waals surface area contributed by atoms with Crippen molar-refractivity contribution in [3.05, 3.63) is 88.2 Å². The van der Waals surface area contributed by atoms with E-state index in [1.165, 1.54) is 31.3 Å². The molecule has 0 aliphatic carbocycles.